The number of aliphatic imine (C=N–C) groups is 1. The van der Waals surface area contributed by atoms with E-state index in [4.69, 9.17) is 17.4 Å². The molecule has 0 heterocycles. The molecule has 0 bridgehead atoms. The second-order valence-electron chi connectivity index (χ2n) is 4.53. The SMILES string of the molecule is NNC(=NCc1ccccc1Cl)NC1CCCC1. The number of nitrogens with zero attached hydrogens (tertiary/aromatic N) is 1. The number of nitrogens with one attached hydrogen (secondary N) is 2. The van der Waals surface area contributed by atoms with Crippen LogP contribution in [-0.4, -0.2) is 12.0 Å². The molecule has 0 amide bonds. The van der Waals surface area contributed by atoms with Gasteiger partial charge in [-0.2, -0.15) is 0 Å². The molecule has 0 aromatic heterocycles. The van der Waals surface area contributed by atoms with Crippen LogP contribution in [0.25, 0.3) is 0 Å². The Morgan fingerprint density at radius 3 is 2.72 bits per heavy atom. The molecule has 1 aromatic rings. The fraction of sp³-hybridized carbons (Fsp3) is 0.462. The summed E-state index contributed by atoms with van der Waals surface area (Å²) >= 11 is 6.08. The number of hydrogen-bond acceptors (Lipinski definition) is 2. The fourth-order valence-corrected chi connectivity index (χ4v) is 2.38. The predicted molar refractivity (Wildman–Crippen MR) is 75.3 cm³/mol. The van der Waals surface area contributed by atoms with Gasteiger partial charge in [0.15, 0.2) is 0 Å². The first-order valence-electron chi connectivity index (χ1n) is 6.30. The van der Waals surface area contributed by atoms with Gasteiger partial charge >= 0.3 is 0 Å². The van der Waals surface area contributed by atoms with Crippen LogP contribution >= 0.6 is 11.6 Å². The monoisotopic (exact) mass is 266 g/mol. The lowest BCUT2D eigenvalue weighted by atomic mass is 10.2. The summed E-state index contributed by atoms with van der Waals surface area (Å²) in [6.45, 7) is 0.527. The summed E-state index contributed by atoms with van der Waals surface area (Å²) in [6, 6.07) is 8.19. The first-order chi connectivity index (χ1) is 8.79. The average Bonchev–Trinajstić information content (AvgIpc) is 2.89. The highest BCUT2D eigenvalue weighted by atomic mass is 35.5. The molecule has 4 nitrogen and oxygen atoms in total. The van der Waals surface area contributed by atoms with Gasteiger partial charge in [0.25, 0.3) is 0 Å². The van der Waals surface area contributed by atoms with Gasteiger partial charge in [-0.1, -0.05) is 42.6 Å². The highest BCUT2D eigenvalue weighted by Gasteiger charge is 2.15. The van der Waals surface area contributed by atoms with Crippen molar-refractivity contribution >= 4 is 17.6 Å². The summed E-state index contributed by atoms with van der Waals surface area (Å²) in [6.07, 6.45) is 4.93. The molecule has 1 aliphatic carbocycles. The molecule has 0 saturated heterocycles. The third kappa shape index (κ3) is 3.62. The van der Waals surface area contributed by atoms with Gasteiger partial charge in [0, 0.05) is 11.1 Å². The van der Waals surface area contributed by atoms with Crippen molar-refractivity contribution in [2.45, 2.75) is 38.3 Å². The van der Waals surface area contributed by atoms with Crippen molar-refractivity contribution in [1.82, 2.24) is 10.7 Å². The van der Waals surface area contributed by atoms with E-state index in [9.17, 15) is 0 Å². The molecule has 5 heteroatoms. The number of nitrogens with two attached hydrogens (primary N) is 1. The second-order valence-corrected chi connectivity index (χ2v) is 4.93. The number of benzene rings is 1. The summed E-state index contributed by atoms with van der Waals surface area (Å²) in [5, 5.41) is 4.06. The zero-order valence-corrected chi connectivity index (χ0v) is 11.1. The Hall–Kier alpha value is -1.26. The van der Waals surface area contributed by atoms with E-state index in [1.807, 2.05) is 24.3 Å². The van der Waals surface area contributed by atoms with Crippen LogP contribution in [0.2, 0.25) is 5.02 Å². The number of rotatable bonds is 3. The third-order valence-electron chi connectivity index (χ3n) is 3.20. The Labute approximate surface area is 113 Å². The van der Waals surface area contributed by atoms with E-state index in [0.29, 0.717) is 18.5 Å². The van der Waals surface area contributed by atoms with Crippen molar-refractivity contribution in [1.29, 1.82) is 0 Å². The summed E-state index contributed by atoms with van der Waals surface area (Å²) in [5.41, 5.74) is 3.61. The molecule has 1 fully saturated rings. The molecule has 1 aliphatic rings. The van der Waals surface area contributed by atoms with E-state index < -0.39 is 0 Å². The number of halogens is 1. The Balaban J connectivity index is 1.95. The van der Waals surface area contributed by atoms with Crippen LogP contribution < -0.4 is 16.6 Å². The lowest BCUT2D eigenvalue weighted by Crippen LogP contribution is -2.45. The number of hydrogen-bond donors (Lipinski definition) is 3. The van der Waals surface area contributed by atoms with E-state index in [0.717, 1.165) is 10.6 Å². The lowest BCUT2D eigenvalue weighted by Gasteiger charge is -2.15. The smallest absolute Gasteiger partial charge is 0.206 e. The number of guanidine groups is 1. The van der Waals surface area contributed by atoms with Crippen LogP contribution in [0.1, 0.15) is 31.2 Å². The highest BCUT2D eigenvalue weighted by molar-refractivity contribution is 6.31. The van der Waals surface area contributed by atoms with Crippen molar-refractivity contribution in [3.05, 3.63) is 34.9 Å². The molecular formula is C13H19ClN4. The Morgan fingerprint density at radius 1 is 1.33 bits per heavy atom. The van der Waals surface area contributed by atoms with E-state index in [1.165, 1.54) is 25.7 Å². The molecule has 4 N–H and O–H groups in total. The first kappa shape index (κ1) is 13.2. The molecule has 2 rings (SSSR count). The van der Waals surface area contributed by atoms with Gasteiger partial charge in [0.05, 0.1) is 6.54 Å². The van der Waals surface area contributed by atoms with Crippen molar-refractivity contribution in [3.63, 3.8) is 0 Å². The average molecular weight is 267 g/mol. The first-order valence-corrected chi connectivity index (χ1v) is 6.68. The molecule has 98 valence electrons. The maximum Gasteiger partial charge on any atom is 0.206 e. The van der Waals surface area contributed by atoms with Gasteiger partial charge in [-0.15, -0.1) is 0 Å². The van der Waals surface area contributed by atoms with Crippen LogP contribution in [0.3, 0.4) is 0 Å². The minimum atomic E-state index is 0.492. The van der Waals surface area contributed by atoms with Crippen molar-refractivity contribution in [2.75, 3.05) is 0 Å². The largest absolute Gasteiger partial charge is 0.353 e. The summed E-state index contributed by atoms with van der Waals surface area (Å²) in [5.74, 6) is 6.12. The zero-order valence-electron chi connectivity index (χ0n) is 10.3. The van der Waals surface area contributed by atoms with Crippen molar-refractivity contribution < 1.29 is 0 Å². The molecule has 0 radical (unpaired) electrons. The lowest BCUT2D eigenvalue weighted by molar-refractivity contribution is 0.614. The van der Waals surface area contributed by atoms with Crippen LogP contribution in [0.4, 0.5) is 0 Å². The van der Waals surface area contributed by atoms with Crippen molar-refractivity contribution in [3.8, 4) is 0 Å². The van der Waals surface area contributed by atoms with Gasteiger partial charge in [-0.25, -0.2) is 10.8 Å². The third-order valence-corrected chi connectivity index (χ3v) is 3.57. The minimum Gasteiger partial charge on any atom is -0.353 e. The fourth-order valence-electron chi connectivity index (χ4n) is 2.19. The quantitative estimate of drug-likeness (QED) is 0.340. The van der Waals surface area contributed by atoms with Gasteiger partial charge in [0.2, 0.25) is 5.96 Å². The molecular weight excluding hydrogens is 248 g/mol. The minimum absolute atomic E-state index is 0.492. The molecule has 0 unspecified atom stereocenters. The van der Waals surface area contributed by atoms with E-state index in [2.05, 4.69) is 15.7 Å². The maximum atomic E-state index is 6.08. The Morgan fingerprint density at radius 2 is 2.06 bits per heavy atom. The van der Waals surface area contributed by atoms with E-state index >= 15 is 0 Å². The zero-order chi connectivity index (χ0) is 12.8. The molecule has 0 atom stereocenters. The Kier molecular flexibility index (Phi) is 4.84. The Bertz CT molecular complexity index is 413. The van der Waals surface area contributed by atoms with E-state index in [-0.39, 0.29) is 0 Å². The standard InChI is InChI=1S/C13H19ClN4/c14-12-8-4-1-5-10(12)9-16-13(18-15)17-11-6-2-3-7-11/h1,4-5,8,11H,2-3,6-7,9,15H2,(H2,16,17,18). The van der Waals surface area contributed by atoms with Crippen LogP contribution in [0.15, 0.2) is 29.3 Å². The van der Waals surface area contributed by atoms with Gasteiger partial charge < -0.3 is 5.32 Å². The molecule has 1 saturated carbocycles. The summed E-state index contributed by atoms with van der Waals surface area (Å²) in [4.78, 5) is 4.42. The van der Waals surface area contributed by atoms with Crippen molar-refractivity contribution in [2.24, 2.45) is 10.8 Å². The molecule has 0 spiro atoms. The van der Waals surface area contributed by atoms with Crippen LogP contribution in [0.5, 0.6) is 0 Å². The molecule has 1 aromatic carbocycles. The number of hydrazine groups is 1. The summed E-state index contributed by atoms with van der Waals surface area (Å²) < 4.78 is 0. The van der Waals surface area contributed by atoms with E-state index in [1.54, 1.807) is 0 Å². The van der Waals surface area contributed by atoms with Gasteiger partial charge in [-0.05, 0) is 24.5 Å². The normalized spacial score (nSPS) is 16.9. The highest BCUT2D eigenvalue weighted by Crippen LogP contribution is 2.18. The van der Waals surface area contributed by atoms with Gasteiger partial charge in [0.1, 0.15) is 0 Å². The summed E-state index contributed by atoms with van der Waals surface area (Å²) in [7, 11) is 0. The van der Waals surface area contributed by atoms with Crippen LogP contribution in [0, 0.1) is 0 Å². The molecule has 0 aliphatic heterocycles. The topological polar surface area (TPSA) is 62.4 Å². The van der Waals surface area contributed by atoms with Gasteiger partial charge in [-0.3, -0.25) is 5.43 Å². The molecule has 18 heavy (non-hydrogen) atoms. The predicted octanol–water partition coefficient (Wildman–Crippen LogP) is 2.19. The van der Waals surface area contributed by atoms with Crippen LogP contribution in [-0.2, 0) is 6.54 Å². The maximum absolute atomic E-state index is 6.08. The second kappa shape index (κ2) is 6.61.